The van der Waals surface area contributed by atoms with Gasteiger partial charge in [-0.15, -0.1) is 0 Å². The van der Waals surface area contributed by atoms with Crippen molar-refractivity contribution in [3.05, 3.63) is 59.0 Å². The second-order valence-corrected chi connectivity index (χ2v) is 4.10. The predicted octanol–water partition coefficient (Wildman–Crippen LogP) is 3.53. The molecule has 17 heavy (non-hydrogen) atoms. The third kappa shape index (κ3) is 3.71. The van der Waals surface area contributed by atoms with Gasteiger partial charge in [0.1, 0.15) is 11.6 Å². The fourth-order valence-corrected chi connectivity index (χ4v) is 1.58. The molecule has 0 fully saturated rings. The molecular weight excluding hydrogens is 239 g/mol. The Kier molecular flexibility index (Phi) is 3.94. The summed E-state index contributed by atoms with van der Waals surface area (Å²) in [4.78, 5) is 4.12. The molecule has 0 bridgehead atoms. The predicted molar refractivity (Wildman–Crippen MR) is 67.8 cm³/mol. The molecule has 0 radical (unpaired) electrons. The number of hydrogen-bond acceptors (Lipinski definition) is 2. The largest absolute Gasteiger partial charge is 0.370 e. The zero-order valence-corrected chi connectivity index (χ0v) is 9.91. The number of anilines is 1. The van der Waals surface area contributed by atoms with Crippen LogP contribution in [-0.2, 0) is 6.42 Å². The number of pyridine rings is 1. The van der Waals surface area contributed by atoms with Crippen molar-refractivity contribution in [1.82, 2.24) is 4.98 Å². The number of nitrogens with one attached hydrogen (secondary N) is 1. The molecule has 0 atom stereocenters. The molecule has 0 spiro atoms. The van der Waals surface area contributed by atoms with E-state index in [2.05, 4.69) is 10.3 Å². The standard InChI is InChI=1S/C13H12ClFN2/c14-11-3-6-13(17-9-11)16-8-7-10-1-4-12(15)5-2-10/h1-6,9H,7-8H2,(H,16,17). The topological polar surface area (TPSA) is 24.9 Å². The Morgan fingerprint density at radius 3 is 2.53 bits per heavy atom. The highest BCUT2D eigenvalue weighted by Gasteiger charge is 1.96. The second kappa shape index (κ2) is 5.64. The van der Waals surface area contributed by atoms with Crippen LogP contribution in [0.1, 0.15) is 5.56 Å². The summed E-state index contributed by atoms with van der Waals surface area (Å²) >= 11 is 5.73. The summed E-state index contributed by atoms with van der Waals surface area (Å²) in [7, 11) is 0. The SMILES string of the molecule is Fc1ccc(CCNc2ccc(Cl)cn2)cc1. The summed E-state index contributed by atoms with van der Waals surface area (Å²) in [5.74, 6) is 0.581. The second-order valence-electron chi connectivity index (χ2n) is 3.66. The van der Waals surface area contributed by atoms with Crippen LogP contribution in [0.25, 0.3) is 0 Å². The fraction of sp³-hybridized carbons (Fsp3) is 0.154. The Labute approximate surface area is 104 Å². The van der Waals surface area contributed by atoms with Crippen LogP contribution in [-0.4, -0.2) is 11.5 Å². The minimum absolute atomic E-state index is 0.207. The van der Waals surface area contributed by atoms with Crippen molar-refractivity contribution in [2.75, 3.05) is 11.9 Å². The summed E-state index contributed by atoms with van der Waals surface area (Å²) in [6.45, 7) is 0.750. The lowest BCUT2D eigenvalue weighted by molar-refractivity contribution is 0.627. The lowest BCUT2D eigenvalue weighted by Gasteiger charge is -2.05. The molecule has 0 amide bonds. The molecule has 2 aromatic rings. The van der Waals surface area contributed by atoms with Crippen LogP contribution in [0.5, 0.6) is 0 Å². The minimum atomic E-state index is -0.207. The number of benzene rings is 1. The van der Waals surface area contributed by atoms with Gasteiger partial charge in [-0.1, -0.05) is 23.7 Å². The molecule has 1 aromatic carbocycles. The molecule has 88 valence electrons. The van der Waals surface area contributed by atoms with Crippen LogP contribution in [0.3, 0.4) is 0 Å². The van der Waals surface area contributed by atoms with E-state index < -0.39 is 0 Å². The first-order valence-electron chi connectivity index (χ1n) is 5.34. The van der Waals surface area contributed by atoms with Gasteiger partial charge in [0.25, 0.3) is 0 Å². The Morgan fingerprint density at radius 2 is 1.88 bits per heavy atom. The number of rotatable bonds is 4. The first kappa shape index (κ1) is 11.9. The molecular formula is C13H12ClFN2. The first-order chi connectivity index (χ1) is 8.24. The monoisotopic (exact) mass is 250 g/mol. The fourth-order valence-electron chi connectivity index (χ4n) is 1.47. The summed E-state index contributed by atoms with van der Waals surface area (Å²) in [6, 6.07) is 10.1. The molecule has 1 heterocycles. The molecule has 4 heteroatoms. The van der Waals surface area contributed by atoms with Gasteiger partial charge in [0.15, 0.2) is 0 Å². The average molecular weight is 251 g/mol. The highest BCUT2D eigenvalue weighted by Crippen LogP contribution is 2.10. The third-order valence-corrected chi connectivity index (χ3v) is 2.58. The first-order valence-corrected chi connectivity index (χ1v) is 5.72. The van der Waals surface area contributed by atoms with Gasteiger partial charge in [0.2, 0.25) is 0 Å². The summed E-state index contributed by atoms with van der Waals surface area (Å²) in [5, 5.41) is 3.79. The van der Waals surface area contributed by atoms with Crippen molar-refractivity contribution in [2.45, 2.75) is 6.42 Å². The molecule has 2 nitrogen and oxygen atoms in total. The Morgan fingerprint density at radius 1 is 1.12 bits per heavy atom. The van der Waals surface area contributed by atoms with E-state index in [1.807, 2.05) is 6.07 Å². The smallest absolute Gasteiger partial charge is 0.125 e. The number of hydrogen-bond donors (Lipinski definition) is 1. The Balaban J connectivity index is 1.83. The van der Waals surface area contributed by atoms with E-state index in [4.69, 9.17) is 11.6 Å². The maximum atomic E-state index is 12.7. The van der Waals surface area contributed by atoms with Crippen molar-refractivity contribution in [3.63, 3.8) is 0 Å². The van der Waals surface area contributed by atoms with E-state index in [-0.39, 0.29) is 5.82 Å². The number of nitrogens with zero attached hydrogens (tertiary/aromatic N) is 1. The van der Waals surface area contributed by atoms with E-state index in [0.717, 1.165) is 24.3 Å². The van der Waals surface area contributed by atoms with E-state index in [1.165, 1.54) is 12.1 Å². The van der Waals surface area contributed by atoms with Gasteiger partial charge in [-0.05, 0) is 36.2 Å². The van der Waals surface area contributed by atoms with Crippen molar-refractivity contribution in [1.29, 1.82) is 0 Å². The zero-order valence-electron chi connectivity index (χ0n) is 9.16. The maximum Gasteiger partial charge on any atom is 0.125 e. The van der Waals surface area contributed by atoms with E-state index in [0.29, 0.717) is 5.02 Å². The molecule has 0 saturated heterocycles. The van der Waals surface area contributed by atoms with Gasteiger partial charge in [-0.2, -0.15) is 0 Å². The lowest BCUT2D eigenvalue weighted by atomic mass is 10.1. The number of halogens is 2. The van der Waals surface area contributed by atoms with Gasteiger partial charge in [0.05, 0.1) is 5.02 Å². The Hall–Kier alpha value is -1.61. The van der Waals surface area contributed by atoms with Gasteiger partial charge >= 0.3 is 0 Å². The summed E-state index contributed by atoms with van der Waals surface area (Å²) in [5.41, 5.74) is 1.09. The van der Waals surface area contributed by atoms with Crippen molar-refractivity contribution < 1.29 is 4.39 Å². The summed E-state index contributed by atoms with van der Waals surface area (Å²) in [6.07, 6.45) is 2.42. The van der Waals surface area contributed by atoms with Crippen molar-refractivity contribution in [2.24, 2.45) is 0 Å². The summed E-state index contributed by atoms with van der Waals surface area (Å²) < 4.78 is 12.7. The number of aromatic nitrogens is 1. The molecule has 2 rings (SSSR count). The van der Waals surface area contributed by atoms with Gasteiger partial charge in [0, 0.05) is 12.7 Å². The van der Waals surface area contributed by atoms with E-state index in [1.54, 1.807) is 24.4 Å². The van der Waals surface area contributed by atoms with Gasteiger partial charge in [-0.3, -0.25) is 0 Å². The van der Waals surface area contributed by atoms with Crippen LogP contribution in [0.15, 0.2) is 42.6 Å². The highest BCUT2D eigenvalue weighted by molar-refractivity contribution is 6.30. The van der Waals surface area contributed by atoms with Crippen LogP contribution < -0.4 is 5.32 Å². The van der Waals surface area contributed by atoms with Crippen molar-refractivity contribution >= 4 is 17.4 Å². The van der Waals surface area contributed by atoms with Crippen LogP contribution in [0.2, 0.25) is 5.02 Å². The zero-order chi connectivity index (χ0) is 12.1. The highest BCUT2D eigenvalue weighted by atomic mass is 35.5. The Bertz CT molecular complexity index is 422. The normalized spacial score (nSPS) is 10.2. The molecule has 0 aliphatic rings. The molecule has 1 aromatic heterocycles. The van der Waals surface area contributed by atoms with Crippen LogP contribution >= 0.6 is 11.6 Å². The minimum Gasteiger partial charge on any atom is -0.370 e. The van der Waals surface area contributed by atoms with Crippen LogP contribution in [0.4, 0.5) is 10.2 Å². The maximum absolute atomic E-state index is 12.7. The lowest BCUT2D eigenvalue weighted by Crippen LogP contribution is -2.05. The molecule has 0 unspecified atom stereocenters. The van der Waals surface area contributed by atoms with Crippen LogP contribution in [0, 0.1) is 5.82 Å². The van der Waals surface area contributed by atoms with E-state index >= 15 is 0 Å². The molecule has 0 aliphatic heterocycles. The molecule has 0 aliphatic carbocycles. The quantitative estimate of drug-likeness (QED) is 0.898. The van der Waals surface area contributed by atoms with Gasteiger partial charge < -0.3 is 5.32 Å². The van der Waals surface area contributed by atoms with Crippen molar-refractivity contribution in [3.8, 4) is 0 Å². The van der Waals surface area contributed by atoms with E-state index in [9.17, 15) is 4.39 Å². The molecule has 0 saturated carbocycles. The van der Waals surface area contributed by atoms with Gasteiger partial charge in [-0.25, -0.2) is 9.37 Å². The molecule has 1 N–H and O–H groups in total. The average Bonchev–Trinajstić information content (AvgIpc) is 2.34. The third-order valence-electron chi connectivity index (χ3n) is 2.36.